The van der Waals surface area contributed by atoms with Crippen LogP contribution in [0.4, 0.5) is 8.78 Å². The van der Waals surface area contributed by atoms with Gasteiger partial charge in [-0.3, -0.25) is 0 Å². The molecule has 0 amide bonds. The van der Waals surface area contributed by atoms with Crippen molar-refractivity contribution >= 4 is 0 Å². The quantitative estimate of drug-likeness (QED) is 0.761. The van der Waals surface area contributed by atoms with Crippen molar-refractivity contribution in [1.82, 2.24) is 5.16 Å². The highest BCUT2D eigenvalue weighted by Gasteiger charge is 2.25. The third kappa shape index (κ3) is 2.83. The molecule has 0 unspecified atom stereocenters. The first kappa shape index (κ1) is 16.9. The normalized spacial score (nSPS) is 10.8. The molecule has 0 atom stereocenters. The van der Waals surface area contributed by atoms with E-state index in [4.69, 9.17) is 14.0 Å². The van der Waals surface area contributed by atoms with Crippen molar-refractivity contribution in [1.29, 1.82) is 0 Å². The Bertz CT molecular complexity index is 888. The maximum atomic E-state index is 14.1. The molecular formula is C18H15F2NO4. The van der Waals surface area contributed by atoms with Gasteiger partial charge >= 0.3 is 0 Å². The highest BCUT2D eigenvalue weighted by Crippen LogP contribution is 2.42. The van der Waals surface area contributed by atoms with Gasteiger partial charge in [0, 0.05) is 0 Å². The van der Waals surface area contributed by atoms with Crippen LogP contribution in [0.5, 0.6) is 11.5 Å². The van der Waals surface area contributed by atoms with Gasteiger partial charge in [-0.25, -0.2) is 8.78 Å². The summed E-state index contributed by atoms with van der Waals surface area (Å²) in [5.74, 6) is -0.648. The van der Waals surface area contributed by atoms with Gasteiger partial charge in [-0.2, -0.15) is 0 Å². The molecule has 0 saturated heterocycles. The van der Waals surface area contributed by atoms with Gasteiger partial charge in [0.05, 0.1) is 37.5 Å². The van der Waals surface area contributed by atoms with Crippen molar-refractivity contribution in [3.05, 3.63) is 53.6 Å². The van der Waals surface area contributed by atoms with Crippen LogP contribution in [0.1, 0.15) is 5.56 Å². The molecule has 0 aliphatic heterocycles. The first-order chi connectivity index (χ1) is 12.1. The maximum Gasteiger partial charge on any atom is 0.176 e. The van der Waals surface area contributed by atoms with Gasteiger partial charge in [0.25, 0.3) is 0 Å². The SMILES string of the molecule is COc1cccc(-c2onc(-c3c(F)cccc3F)c2CO)c1OC. The third-order valence-electron chi connectivity index (χ3n) is 3.79. The molecule has 1 heterocycles. The number of benzene rings is 2. The molecule has 0 bridgehead atoms. The first-order valence-corrected chi connectivity index (χ1v) is 7.37. The van der Waals surface area contributed by atoms with Crippen LogP contribution in [0.25, 0.3) is 22.6 Å². The Morgan fingerprint density at radius 3 is 2.32 bits per heavy atom. The van der Waals surface area contributed by atoms with E-state index in [1.54, 1.807) is 18.2 Å². The number of para-hydroxylation sites is 1. The summed E-state index contributed by atoms with van der Waals surface area (Å²) >= 11 is 0. The van der Waals surface area contributed by atoms with E-state index in [-0.39, 0.29) is 22.6 Å². The van der Waals surface area contributed by atoms with Crippen LogP contribution < -0.4 is 9.47 Å². The highest BCUT2D eigenvalue weighted by molar-refractivity contribution is 5.78. The van der Waals surface area contributed by atoms with E-state index in [2.05, 4.69) is 5.16 Å². The predicted molar refractivity (Wildman–Crippen MR) is 86.3 cm³/mol. The number of aliphatic hydroxyl groups excluding tert-OH is 1. The molecule has 25 heavy (non-hydrogen) atoms. The number of ether oxygens (including phenoxy) is 2. The number of nitrogens with zero attached hydrogens (tertiary/aromatic N) is 1. The van der Waals surface area contributed by atoms with Crippen LogP contribution in [0.3, 0.4) is 0 Å². The van der Waals surface area contributed by atoms with E-state index in [1.807, 2.05) is 0 Å². The largest absolute Gasteiger partial charge is 0.493 e. The third-order valence-corrected chi connectivity index (χ3v) is 3.79. The van der Waals surface area contributed by atoms with E-state index in [1.165, 1.54) is 20.3 Å². The van der Waals surface area contributed by atoms with E-state index in [9.17, 15) is 13.9 Å². The van der Waals surface area contributed by atoms with Crippen molar-refractivity contribution in [2.75, 3.05) is 14.2 Å². The standard InChI is InChI=1S/C18H15F2NO4/c1-23-14-8-3-5-10(18(14)24-2)17-11(9-22)16(21-25-17)15-12(19)6-4-7-13(15)20/h3-8,22H,9H2,1-2H3. The van der Waals surface area contributed by atoms with E-state index in [0.717, 1.165) is 12.1 Å². The summed E-state index contributed by atoms with van der Waals surface area (Å²) in [6, 6.07) is 8.53. The van der Waals surface area contributed by atoms with Gasteiger partial charge in [-0.05, 0) is 24.3 Å². The lowest BCUT2D eigenvalue weighted by Gasteiger charge is -2.11. The Labute approximate surface area is 142 Å². The Hall–Kier alpha value is -2.93. The summed E-state index contributed by atoms with van der Waals surface area (Å²) in [4.78, 5) is 0. The summed E-state index contributed by atoms with van der Waals surface area (Å²) in [6.45, 7) is -0.525. The Balaban J connectivity index is 2.24. The molecule has 0 aliphatic carbocycles. The zero-order valence-corrected chi connectivity index (χ0v) is 13.5. The number of methoxy groups -OCH3 is 2. The Kier molecular flexibility index (Phi) is 4.67. The lowest BCUT2D eigenvalue weighted by atomic mass is 10.0. The lowest BCUT2D eigenvalue weighted by molar-refractivity contribution is 0.281. The summed E-state index contributed by atoms with van der Waals surface area (Å²) in [6.07, 6.45) is 0. The predicted octanol–water partition coefficient (Wildman–Crippen LogP) is 3.80. The molecule has 7 heteroatoms. The van der Waals surface area contributed by atoms with Crippen LogP contribution in [0.2, 0.25) is 0 Å². The monoisotopic (exact) mass is 347 g/mol. The topological polar surface area (TPSA) is 64.7 Å². The number of halogens is 2. The van der Waals surface area contributed by atoms with Gasteiger partial charge < -0.3 is 19.1 Å². The van der Waals surface area contributed by atoms with Gasteiger partial charge in [0.1, 0.15) is 17.3 Å². The van der Waals surface area contributed by atoms with Gasteiger partial charge in [-0.15, -0.1) is 0 Å². The smallest absolute Gasteiger partial charge is 0.176 e. The van der Waals surface area contributed by atoms with Crippen LogP contribution in [0.15, 0.2) is 40.9 Å². The van der Waals surface area contributed by atoms with Crippen molar-refractivity contribution < 1.29 is 27.9 Å². The van der Waals surface area contributed by atoms with Gasteiger partial charge in [-0.1, -0.05) is 17.3 Å². The summed E-state index contributed by atoms with van der Waals surface area (Å²) < 4.78 is 44.0. The average molecular weight is 347 g/mol. The molecule has 2 aromatic carbocycles. The van der Waals surface area contributed by atoms with Crippen molar-refractivity contribution in [3.63, 3.8) is 0 Å². The molecule has 3 aromatic rings. The number of aromatic nitrogens is 1. The second-order valence-electron chi connectivity index (χ2n) is 5.13. The molecule has 0 spiro atoms. The second kappa shape index (κ2) is 6.90. The zero-order chi connectivity index (χ0) is 18.0. The van der Waals surface area contributed by atoms with Crippen LogP contribution in [-0.2, 0) is 6.61 Å². The minimum absolute atomic E-state index is 0.0991. The number of aliphatic hydroxyl groups is 1. The van der Waals surface area contributed by atoms with E-state index in [0.29, 0.717) is 17.1 Å². The van der Waals surface area contributed by atoms with E-state index >= 15 is 0 Å². The second-order valence-corrected chi connectivity index (χ2v) is 5.13. The van der Waals surface area contributed by atoms with Crippen LogP contribution >= 0.6 is 0 Å². The van der Waals surface area contributed by atoms with E-state index < -0.39 is 18.2 Å². The molecule has 130 valence electrons. The molecule has 1 aromatic heterocycles. The maximum absolute atomic E-state index is 14.1. The summed E-state index contributed by atoms with van der Waals surface area (Å²) in [5, 5.41) is 13.5. The van der Waals surface area contributed by atoms with Crippen molar-refractivity contribution in [2.45, 2.75) is 6.61 Å². The molecule has 5 nitrogen and oxygen atoms in total. The van der Waals surface area contributed by atoms with Crippen LogP contribution in [0, 0.1) is 11.6 Å². The Morgan fingerprint density at radius 1 is 1.04 bits per heavy atom. The molecule has 3 rings (SSSR count). The number of hydrogen-bond donors (Lipinski definition) is 1. The molecule has 0 fully saturated rings. The van der Waals surface area contributed by atoms with Crippen molar-refractivity contribution in [2.24, 2.45) is 0 Å². The first-order valence-electron chi connectivity index (χ1n) is 7.37. The number of rotatable bonds is 5. The van der Waals surface area contributed by atoms with Gasteiger partial charge in [0.2, 0.25) is 0 Å². The fraction of sp³-hybridized carbons (Fsp3) is 0.167. The molecule has 0 saturated carbocycles. The summed E-state index contributed by atoms with van der Waals surface area (Å²) in [5.41, 5.74) is 0.137. The zero-order valence-electron chi connectivity index (χ0n) is 13.5. The minimum Gasteiger partial charge on any atom is -0.493 e. The molecule has 1 N–H and O–H groups in total. The molecule has 0 aliphatic rings. The average Bonchev–Trinajstić information content (AvgIpc) is 3.04. The minimum atomic E-state index is -0.799. The fourth-order valence-corrected chi connectivity index (χ4v) is 2.65. The lowest BCUT2D eigenvalue weighted by Crippen LogP contribution is -1.96. The van der Waals surface area contributed by atoms with Crippen molar-refractivity contribution in [3.8, 4) is 34.1 Å². The summed E-state index contributed by atoms with van der Waals surface area (Å²) in [7, 11) is 2.93. The van der Waals surface area contributed by atoms with Crippen LogP contribution in [-0.4, -0.2) is 24.5 Å². The fourth-order valence-electron chi connectivity index (χ4n) is 2.65. The molecular weight excluding hydrogens is 332 g/mol. The van der Waals surface area contributed by atoms with Gasteiger partial charge in [0.15, 0.2) is 17.3 Å². The Morgan fingerprint density at radius 2 is 1.72 bits per heavy atom. The number of hydrogen-bond acceptors (Lipinski definition) is 5. The highest BCUT2D eigenvalue weighted by atomic mass is 19.1. The molecule has 0 radical (unpaired) electrons.